The van der Waals surface area contributed by atoms with E-state index in [1.807, 2.05) is 61.1 Å². The molecule has 21 heteroatoms. The van der Waals surface area contributed by atoms with Gasteiger partial charge in [-0.15, -0.1) is 0 Å². The zero-order chi connectivity index (χ0) is 74.7. The molecule has 19 nitrogen and oxygen atoms in total. The van der Waals surface area contributed by atoms with Gasteiger partial charge in [0.1, 0.15) is 29.1 Å². The normalized spacial score (nSPS) is 15.1. The smallest absolute Gasteiger partial charge is 0.253 e. The molecular formula is C88H85F2N15O4. The van der Waals surface area contributed by atoms with Gasteiger partial charge in [0, 0.05) is 139 Å². The van der Waals surface area contributed by atoms with E-state index in [0.717, 1.165) is 157 Å². The van der Waals surface area contributed by atoms with Crippen molar-refractivity contribution in [3.05, 3.63) is 280 Å². The van der Waals surface area contributed by atoms with Crippen LogP contribution >= 0.6 is 0 Å². The number of rotatable bonds is 15. The number of aromatic nitrogens is 7. The van der Waals surface area contributed by atoms with Crippen LogP contribution < -0.4 is 26.6 Å². The first-order valence-corrected chi connectivity index (χ1v) is 37.4. The summed E-state index contributed by atoms with van der Waals surface area (Å²) in [5.41, 5.74) is 20.7. The summed E-state index contributed by atoms with van der Waals surface area (Å²) >= 11 is 0. The molecule has 4 amide bonds. The molecule has 0 unspecified atom stereocenters. The number of para-hydroxylation sites is 2. The van der Waals surface area contributed by atoms with Crippen LogP contribution in [0.15, 0.2) is 212 Å². The lowest BCUT2D eigenvalue weighted by Gasteiger charge is -2.15. The average Bonchev–Trinajstić information content (AvgIpc) is 1.62. The highest BCUT2D eigenvalue weighted by Gasteiger charge is 2.28. The second kappa shape index (κ2) is 31.4. The lowest BCUT2D eigenvalue weighted by atomic mass is 10.1. The van der Waals surface area contributed by atoms with Crippen molar-refractivity contribution in [2.45, 2.75) is 65.7 Å². The fourth-order valence-electron chi connectivity index (χ4n) is 15.6. The Kier molecular flexibility index (Phi) is 20.6. The third-order valence-corrected chi connectivity index (χ3v) is 20.7. The number of nitrogens with zero attached hydrogens (tertiary/aromatic N) is 10. The summed E-state index contributed by atoms with van der Waals surface area (Å²) in [6, 6.07) is 61.6. The Morgan fingerprint density at radius 3 is 1.33 bits per heavy atom. The molecular weight excluding hydrogens is 1370 g/mol. The predicted molar refractivity (Wildman–Crippen MR) is 425 cm³/mol. The van der Waals surface area contributed by atoms with Crippen LogP contribution in [0.1, 0.15) is 74.8 Å². The largest absolute Gasteiger partial charge is 0.350 e. The summed E-state index contributed by atoms with van der Waals surface area (Å²) in [5.74, 6) is 1.27. The topological polar surface area (TPSA) is 197 Å². The summed E-state index contributed by atoms with van der Waals surface area (Å²) in [6.45, 7) is 15.7. The summed E-state index contributed by atoms with van der Waals surface area (Å²) < 4.78 is 36.4. The summed E-state index contributed by atoms with van der Waals surface area (Å²) in [7, 11) is 4.09. The van der Waals surface area contributed by atoms with E-state index < -0.39 is 5.82 Å². The Balaban J connectivity index is 0.000000111. The average molecular weight is 1450 g/mol. The van der Waals surface area contributed by atoms with Crippen molar-refractivity contribution >= 4 is 67.6 Å². The van der Waals surface area contributed by atoms with Crippen molar-refractivity contribution in [1.82, 2.24) is 74.5 Å². The Hall–Kier alpha value is -12.0. The molecule has 4 aromatic heterocycles. The molecule has 6 aliphatic heterocycles. The van der Waals surface area contributed by atoms with E-state index in [4.69, 9.17) is 9.97 Å². The molecule has 13 aromatic rings. The third kappa shape index (κ3) is 15.4. The van der Waals surface area contributed by atoms with Crippen LogP contribution in [-0.2, 0) is 58.8 Å². The zero-order valence-corrected chi connectivity index (χ0v) is 61.3. The second-order valence-corrected chi connectivity index (χ2v) is 28.8. The Labute approximate surface area is 630 Å². The van der Waals surface area contributed by atoms with Crippen LogP contribution in [0.25, 0.3) is 89.4 Å². The molecule has 0 saturated carbocycles. The Morgan fingerprint density at radius 2 is 0.835 bits per heavy atom. The van der Waals surface area contributed by atoms with Crippen molar-refractivity contribution in [3.63, 3.8) is 0 Å². The molecule has 0 radical (unpaired) electrons. The van der Waals surface area contributed by atoms with Crippen LogP contribution in [0.3, 0.4) is 0 Å². The van der Waals surface area contributed by atoms with Crippen LogP contribution in [-0.4, -0.2) is 145 Å². The molecule has 0 atom stereocenters. The van der Waals surface area contributed by atoms with E-state index in [-0.39, 0.29) is 29.4 Å². The van der Waals surface area contributed by atoms with Gasteiger partial charge in [0.25, 0.3) is 23.6 Å². The van der Waals surface area contributed by atoms with Gasteiger partial charge in [-0.1, -0.05) is 163 Å². The number of hydrogen-bond donors (Lipinski definition) is 5. The van der Waals surface area contributed by atoms with Crippen molar-refractivity contribution in [3.8, 4) is 45.4 Å². The molecule has 0 bridgehead atoms. The van der Waals surface area contributed by atoms with Gasteiger partial charge in [-0.25, -0.2) is 23.7 Å². The molecule has 550 valence electrons. The maximum Gasteiger partial charge on any atom is 0.253 e. The van der Waals surface area contributed by atoms with Crippen LogP contribution in [0.5, 0.6) is 0 Å². The Bertz CT molecular complexity index is 5660. The first-order chi connectivity index (χ1) is 53.2. The molecule has 0 saturated heterocycles. The van der Waals surface area contributed by atoms with Gasteiger partial charge in [0.05, 0.1) is 60.9 Å². The van der Waals surface area contributed by atoms with E-state index in [1.165, 1.54) is 57.6 Å². The maximum atomic E-state index is 14.0. The minimum atomic E-state index is -0.444. The van der Waals surface area contributed by atoms with E-state index in [0.29, 0.717) is 72.6 Å². The zero-order valence-electron chi connectivity index (χ0n) is 61.3. The monoisotopic (exact) mass is 1450 g/mol. The molecule has 10 heterocycles. The molecule has 0 aliphatic carbocycles. The molecule has 0 fully saturated rings. The van der Waals surface area contributed by atoms with Gasteiger partial charge >= 0.3 is 0 Å². The molecule has 5 N–H and O–H groups in total. The first-order valence-electron chi connectivity index (χ1n) is 37.4. The maximum absolute atomic E-state index is 14.0. The van der Waals surface area contributed by atoms with Crippen LogP contribution in [0.2, 0.25) is 0 Å². The lowest BCUT2D eigenvalue weighted by Crippen LogP contribution is -2.24. The molecule has 9 aromatic carbocycles. The van der Waals surface area contributed by atoms with E-state index >= 15 is 0 Å². The number of halogens is 2. The Morgan fingerprint density at radius 1 is 0.413 bits per heavy atom. The van der Waals surface area contributed by atoms with E-state index in [2.05, 4.69) is 213 Å². The standard InChI is InChI=1S/C26H26N4O.C21H19FN4O.C21H20N4O.C20H20FN3O/c1-18-4-2-5-19(16-18)12-13-27-17-20-8-10-21(11-9-20)25-29-23-7-3-6-22-24(23)30(25)15-14-28-26(22)31;22-16-11-17-19-18(12-16)24-20(26(19)10-7-23-21(17)27)15-5-3-14(4-6-15)13-25-8-1-2-9-25;26-21-17-4-3-5-18-19(17)25(13-10-22-21)20(23-18)16-8-6-15(7-9-16)14-24-11-1-2-12-24;1-23(2)12-13-3-5-14(6-4-13)18-10-15-9-16(21)11-17-19(15)24(18)8-7-22-20(17)25/h2-11,16,27H,12-15,17H2,1H3,(H,28,31);1-6,11-12H,7-10,13H2,(H,23,27);1-9H,10-14H2,(H,22,26);3-6,9-11H,7-8,12H2,1-2H3,(H,22,25). The summed E-state index contributed by atoms with van der Waals surface area (Å²) in [4.78, 5) is 70.4. The number of benzene rings is 9. The van der Waals surface area contributed by atoms with E-state index in [9.17, 15) is 28.0 Å². The predicted octanol–water partition coefficient (Wildman–Crippen LogP) is 13.1. The number of carbonyl (C=O) groups is 4. The van der Waals surface area contributed by atoms with E-state index in [1.54, 1.807) is 0 Å². The highest BCUT2D eigenvalue weighted by Crippen LogP contribution is 2.36. The minimum Gasteiger partial charge on any atom is -0.350 e. The molecule has 19 rings (SSSR count). The highest BCUT2D eigenvalue weighted by molar-refractivity contribution is 6.09. The highest BCUT2D eigenvalue weighted by atomic mass is 19.1. The summed E-state index contributed by atoms with van der Waals surface area (Å²) in [5, 5.41) is 15.9. The second-order valence-electron chi connectivity index (χ2n) is 28.8. The van der Waals surface area contributed by atoms with Gasteiger partial charge in [0.15, 0.2) is 0 Å². The molecule has 0 spiro atoms. The van der Waals surface area contributed by atoms with Crippen molar-refractivity contribution in [1.29, 1.82) is 0 Å². The van der Waals surface area contributed by atoms with Gasteiger partial charge in [0.2, 0.25) is 0 Å². The minimum absolute atomic E-state index is 0.0182. The van der Waals surface area contributed by atoms with Crippen LogP contribution in [0, 0.1) is 18.6 Å². The third-order valence-electron chi connectivity index (χ3n) is 20.7. The fourth-order valence-corrected chi connectivity index (χ4v) is 15.6. The number of nitrogens with one attached hydrogen (secondary N) is 5. The van der Waals surface area contributed by atoms with Gasteiger partial charge in [-0.05, 0) is 116 Å². The number of amides is 4. The van der Waals surface area contributed by atoms with Gasteiger partial charge in [-0.2, -0.15) is 0 Å². The number of aryl methyl sites for hydroxylation is 1. The molecule has 6 aliphatic rings. The van der Waals surface area contributed by atoms with Crippen molar-refractivity contribution in [2.24, 2.45) is 0 Å². The quantitative estimate of drug-likeness (QED) is 0.0484. The first kappa shape index (κ1) is 71.3. The van der Waals surface area contributed by atoms with Crippen molar-refractivity contribution < 1.29 is 28.0 Å². The lowest BCUT2D eigenvalue weighted by molar-refractivity contribution is 0.0948. The SMILES string of the molecule is CN(C)Cc1ccc(-c2cc3cc(F)cc4c3n2CCNC4=O)cc1.Cc1cccc(CCNCc2ccc(-c3nc4cccc5c4n3CCNC5=O)cc2)c1.O=C1NCCn2c(-c3ccc(CN4CC=CC4)cc3)nc3cc(F)cc1c32.O=C1NCCn2c(-c3ccc(CN4CC=CC4)cc3)nc3cccc1c32. The van der Waals surface area contributed by atoms with Crippen molar-refractivity contribution in [2.75, 3.05) is 73.0 Å². The number of carbonyl (C=O) groups excluding carboxylic acids is 4. The number of imidazole rings is 3. The van der Waals surface area contributed by atoms with Crippen LogP contribution in [0.4, 0.5) is 8.78 Å². The number of hydrogen-bond acceptors (Lipinski definition) is 11. The summed E-state index contributed by atoms with van der Waals surface area (Å²) in [6.07, 6.45) is 9.82. The molecule has 109 heavy (non-hydrogen) atoms. The fraction of sp³-hybridized carbons (Fsp3) is 0.239. The van der Waals surface area contributed by atoms with Gasteiger partial charge in [-0.3, -0.25) is 29.0 Å². The van der Waals surface area contributed by atoms with Gasteiger partial charge < -0.3 is 49.8 Å².